The van der Waals surface area contributed by atoms with Crippen molar-refractivity contribution in [3.05, 3.63) is 60.2 Å². The van der Waals surface area contributed by atoms with E-state index in [-0.39, 0.29) is 5.91 Å². The molecule has 4 nitrogen and oxygen atoms in total. The molecular formula is C18H20N2O2. The smallest absolute Gasteiger partial charge is 0.257 e. The van der Waals surface area contributed by atoms with Gasteiger partial charge in [-0.1, -0.05) is 30.3 Å². The van der Waals surface area contributed by atoms with Crippen LogP contribution in [0.15, 0.2) is 54.6 Å². The van der Waals surface area contributed by atoms with E-state index < -0.39 is 0 Å². The van der Waals surface area contributed by atoms with Crippen LogP contribution in [-0.4, -0.2) is 37.0 Å². The average molecular weight is 296 g/mol. The zero-order valence-corrected chi connectivity index (χ0v) is 12.5. The molecule has 1 amide bonds. The average Bonchev–Trinajstić information content (AvgIpc) is 2.85. The molecule has 0 aliphatic carbocycles. The fourth-order valence-corrected chi connectivity index (χ4v) is 2.57. The summed E-state index contributed by atoms with van der Waals surface area (Å²) in [4.78, 5) is 14.7. The largest absolute Gasteiger partial charge is 0.457 e. The molecule has 2 aromatic carbocycles. The van der Waals surface area contributed by atoms with Gasteiger partial charge >= 0.3 is 0 Å². The van der Waals surface area contributed by atoms with Crippen LogP contribution < -0.4 is 10.1 Å². The van der Waals surface area contributed by atoms with Crippen molar-refractivity contribution >= 4 is 5.91 Å². The monoisotopic (exact) mass is 296 g/mol. The summed E-state index contributed by atoms with van der Waals surface area (Å²) in [6, 6.07) is 17.0. The van der Waals surface area contributed by atoms with Crippen molar-refractivity contribution in [1.82, 2.24) is 10.2 Å². The Hall–Kier alpha value is -2.33. The van der Waals surface area contributed by atoms with E-state index in [1.54, 1.807) is 0 Å². The Balaban J connectivity index is 1.82. The molecule has 3 rings (SSSR count). The molecule has 0 spiro atoms. The maximum Gasteiger partial charge on any atom is 0.257 e. The Morgan fingerprint density at radius 3 is 2.59 bits per heavy atom. The highest BCUT2D eigenvalue weighted by molar-refractivity contribution is 5.97. The van der Waals surface area contributed by atoms with Gasteiger partial charge in [-0.25, -0.2) is 0 Å². The number of rotatable bonds is 3. The molecule has 0 aromatic heterocycles. The van der Waals surface area contributed by atoms with E-state index in [0.29, 0.717) is 11.3 Å². The lowest BCUT2D eigenvalue weighted by atomic mass is 10.1. The van der Waals surface area contributed by atoms with E-state index in [0.717, 1.165) is 38.3 Å². The summed E-state index contributed by atoms with van der Waals surface area (Å²) in [5, 5.41) is 3.31. The van der Waals surface area contributed by atoms with Gasteiger partial charge in [-0.15, -0.1) is 0 Å². The van der Waals surface area contributed by atoms with Gasteiger partial charge in [0.2, 0.25) is 0 Å². The van der Waals surface area contributed by atoms with E-state index in [2.05, 4.69) is 5.32 Å². The zero-order chi connectivity index (χ0) is 15.2. The number of carbonyl (C=O) groups is 1. The fourth-order valence-electron chi connectivity index (χ4n) is 2.57. The Morgan fingerprint density at radius 2 is 1.73 bits per heavy atom. The van der Waals surface area contributed by atoms with Gasteiger partial charge in [0.15, 0.2) is 0 Å². The van der Waals surface area contributed by atoms with Crippen LogP contribution in [0.4, 0.5) is 0 Å². The predicted molar refractivity (Wildman–Crippen MR) is 86.3 cm³/mol. The minimum absolute atomic E-state index is 0.0373. The van der Waals surface area contributed by atoms with Crippen molar-refractivity contribution in [2.45, 2.75) is 6.42 Å². The predicted octanol–water partition coefficient (Wildman–Crippen LogP) is 2.91. The Bertz CT molecular complexity index is 620. The van der Waals surface area contributed by atoms with Crippen molar-refractivity contribution < 1.29 is 9.53 Å². The molecule has 0 bridgehead atoms. The van der Waals surface area contributed by atoms with Crippen LogP contribution in [0.3, 0.4) is 0 Å². The lowest BCUT2D eigenvalue weighted by Gasteiger charge is -2.21. The second kappa shape index (κ2) is 7.09. The molecule has 1 aliphatic heterocycles. The third-order valence-corrected chi connectivity index (χ3v) is 3.72. The normalized spacial score (nSPS) is 15.2. The van der Waals surface area contributed by atoms with E-state index >= 15 is 0 Å². The summed E-state index contributed by atoms with van der Waals surface area (Å²) in [6.07, 6.45) is 0.980. The second-order valence-corrected chi connectivity index (χ2v) is 5.31. The van der Waals surface area contributed by atoms with Gasteiger partial charge in [0.05, 0.1) is 5.56 Å². The molecule has 1 saturated heterocycles. The third-order valence-electron chi connectivity index (χ3n) is 3.72. The van der Waals surface area contributed by atoms with Crippen LogP contribution >= 0.6 is 0 Å². The molecule has 0 saturated carbocycles. The van der Waals surface area contributed by atoms with E-state index in [4.69, 9.17) is 4.74 Å². The van der Waals surface area contributed by atoms with Gasteiger partial charge in [-0.3, -0.25) is 4.79 Å². The second-order valence-electron chi connectivity index (χ2n) is 5.31. The van der Waals surface area contributed by atoms with Crippen LogP contribution in [0.5, 0.6) is 11.5 Å². The molecule has 1 heterocycles. The third kappa shape index (κ3) is 3.46. The van der Waals surface area contributed by atoms with E-state index in [1.807, 2.05) is 59.5 Å². The van der Waals surface area contributed by atoms with Crippen molar-refractivity contribution in [2.75, 3.05) is 26.2 Å². The highest BCUT2D eigenvalue weighted by Crippen LogP contribution is 2.26. The van der Waals surface area contributed by atoms with Gasteiger partial charge in [0.1, 0.15) is 11.5 Å². The highest BCUT2D eigenvalue weighted by Gasteiger charge is 2.20. The molecule has 0 radical (unpaired) electrons. The van der Waals surface area contributed by atoms with Gasteiger partial charge in [0, 0.05) is 19.6 Å². The van der Waals surface area contributed by atoms with Crippen LogP contribution in [0.25, 0.3) is 0 Å². The van der Waals surface area contributed by atoms with Gasteiger partial charge < -0.3 is 15.0 Å². The molecule has 22 heavy (non-hydrogen) atoms. The van der Waals surface area contributed by atoms with E-state index in [1.165, 1.54) is 0 Å². The molecule has 114 valence electrons. The highest BCUT2D eigenvalue weighted by atomic mass is 16.5. The Morgan fingerprint density at radius 1 is 0.955 bits per heavy atom. The van der Waals surface area contributed by atoms with Crippen molar-refractivity contribution in [3.63, 3.8) is 0 Å². The molecule has 0 atom stereocenters. The summed E-state index contributed by atoms with van der Waals surface area (Å²) in [7, 11) is 0. The number of para-hydroxylation sites is 2. The lowest BCUT2D eigenvalue weighted by molar-refractivity contribution is 0.0764. The zero-order valence-electron chi connectivity index (χ0n) is 12.5. The molecule has 2 aromatic rings. The molecule has 1 fully saturated rings. The van der Waals surface area contributed by atoms with Crippen LogP contribution in [0.2, 0.25) is 0 Å². The first-order chi connectivity index (χ1) is 10.8. The van der Waals surface area contributed by atoms with Gasteiger partial charge in [-0.2, -0.15) is 0 Å². The summed E-state index contributed by atoms with van der Waals surface area (Å²) < 4.78 is 5.89. The number of ether oxygens (including phenoxy) is 1. The number of benzene rings is 2. The molecule has 1 N–H and O–H groups in total. The number of hydrogen-bond donors (Lipinski definition) is 1. The number of nitrogens with zero attached hydrogens (tertiary/aromatic N) is 1. The van der Waals surface area contributed by atoms with Gasteiger partial charge in [-0.05, 0) is 37.2 Å². The number of hydrogen-bond acceptors (Lipinski definition) is 3. The lowest BCUT2D eigenvalue weighted by Crippen LogP contribution is -2.34. The van der Waals surface area contributed by atoms with E-state index in [9.17, 15) is 4.79 Å². The molecule has 0 unspecified atom stereocenters. The minimum Gasteiger partial charge on any atom is -0.457 e. The van der Waals surface area contributed by atoms with Crippen molar-refractivity contribution in [3.8, 4) is 11.5 Å². The summed E-state index contributed by atoms with van der Waals surface area (Å²) in [5.74, 6) is 1.38. The number of carbonyl (C=O) groups excluding carboxylic acids is 1. The van der Waals surface area contributed by atoms with Gasteiger partial charge in [0.25, 0.3) is 5.91 Å². The van der Waals surface area contributed by atoms with Crippen molar-refractivity contribution in [2.24, 2.45) is 0 Å². The molecule has 1 aliphatic rings. The van der Waals surface area contributed by atoms with Crippen LogP contribution in [0.1, 0.15) is 16.8 Å². The quantitative estimate of drug-likeness (QED) is 0.947. The van der Waals surface area contributed by atoms with Crippen LogP contribution in [-0.2, 0) is 0 Å². The minimum atomic E-state index is 0.0373. The first-order valence-corrected chi connectivity index (χ1v) is 7.66. The van der Waals surface area contributed by atoms with Crippen molar-refractivity contribution in [1.29, 1.82) is 0 Å². The summed E-state index contributed by atoms with van der Waals surface area (Å²) in [5.41, 5.74) is 0.619. The standard InChI is InChI=1S/C18H20N2O2/c21-18(20-13-6-11-19-12-14-20)16-9-4-5-10-17(16)22-15-7-2-1-3-8-15/h1-5,7-10,19H,6,11-14H2. The maximum absolute atomic E-state index is 12.8. The Labute approximate surface area is 130 Å². The Kier molecular flexibility index (Phi) is 4.71. The number of amides is 1. The van der Waals surface area contributed by atoms with Crippen LogP contribution in [0, 0.1) is 0 Å². The fraction of sp³-hybridized carbons (Fsp3) is 0.278. The maximum atomic E-state index is 12.8. The summed E-state index contributed by atoms with van der Waals surface area (Å²) >= 11 is 0. The number of nitrogens with one attached hydrogen (secondary N) is 1. The summed E-state index contributed by atoms with van der Waals surface area (Å²) in [6.45, 7) is 3.32. The molecule has 4 heteroatoms. The molecular weight excluding hydrogens is 276 g/mol. The first-order valence-electron chi connectivity index (χ1n) is 7.66. The topological polar surface area (TPSA) is 41.6 Å². The SMILES string of the molecule is O=C(c1ccccc1Oc1ccccc1)N1CCCNCC1. The first kappa shape index (κ1) is 14.6.